The van der Waals surface area contributed by atoms with Crippen molar-refractivity contribution in [2.75, 3.05) is 6.61 Å². The smallest absolute Gasteiger partial charge is 0.311 e. The molecule has 0 aliphatic carbocycles. The van der Waals surface area contributed by atoms with Crippen LogP contribution < -0.4 is 14.9 Å². The number of ether oxygens (including phenoxy) is 2. The molecular formula is C35H60O4. The van der Waals surface area contributed by atoms with Crippen molar-refractivity contribution in [1.29, 1.82) is 0 Å². The average molecular weight is 545 g/mol. The lowest BCUT2D eigenvalue weighted by molar-refractivity contribution is -0.134. The highest BCUT2D eigenvalue weighted by molar-refractivity contribution is 5.72. The van der Waals surface area contributed by atoms with E-state index in [0.29, 0.717) is 18.8 Å². The summed E-state index contributed by atoms with van der Waals surface area (Å²) in [6.07, 6.45) is 29.9. The second-order valence-corrected chi connectivity index (χ2v) is 11.3. The zero-order chi connectivity index (χ0) is 28.2. The van der Waals surface area contributed by atoms with Crippen LogP contribution in [0.5, 0.6) is 11.5 Å². The summed E-state index contributed by atoms with van der Waals surface area (Å²) in [5, 5.41) is 0. The van der Waals surface area contributed by atoms with Crippen molar-refractivity contribution in [2.24, 2.45) is 0 Å². The van der Waals surface area contributed by atoms with Crippen molar-refractivity contribution in [2.45, 2.75) is 168 Å². The number of hydrogen-bond donors (Lipinski definition) is 0. The fourth-order valence-electron chi connectivity index (χ4n) is 4.96. The number of carbonyl (C=O) groups is 1. The van der Waals surface area contributed by atoms with E-state index in [2.05, 4.69) is 13.8 Å². The summed E-state index contributed by atoms with van der Waals surface area (Å²) in [5.74, 6) is 0.394. The van der Waals surface area contributed by atoms with Crippen LogP contribution in [0.2, 0.25) is 0 Å². The predicted molar refractivity (Wildman–Crippen MR) is 166 cm³/mol. The molecule has 0 spiro atoms. The summed E-state index contributed by atoms with van der Waals surface area (Å²) in [6, 6.07) is 6.39. The zero-order valence-corrected chi connectivity index (χ0v) is 25.6. The van der Waals surface area contributed by atoms with Crippen LogP contribution in [-0.4, -0.2) is 12.6 Å². The van der Waals surface area contributed by atoms with Crippen LogP contribution in [0, 0.1) is 0 Å². The molecule has 0 fully saturated rings. The van der Waals surface area contributed by atoms with Gasteiger partial charge in [0.05, 0.1) is 6.61 Å². The third-order valence-electron chi connectivity index (χ3n) is 7.52. The van der Waals surface area contributed by atoms with Crippen LogP contribution in [0.1, 0.15) is 168 Å². The molecule has 0 aliphatic rings. The SMILES string of the molecule is CCCCCCCCCCCCCCCCCCOc1ccc(OC(=O)CCCCCCCCC)c(=O)cc1. The summed E-state index contributed by atoms with van der Waals surface area (Å²) in [6.45, 7) is 5.13. The number of carbonyl (C=O) groups excluding carboxylic acids is 1. The first-order valence-electron chi connectivity index (χ1n) is 16.6. The van der Waals surface area contributed by atoms with Crippen LogP contribution in [0.15, 0.2) is 29.1 Å². The first-order chi connectivity index (χ1) is 19.2. The molecule has 0 saturated carbocycles. The minimum absolute atomic E-state index is 0.0835. The van der Waals surface area contributed by atoms with Crippen LogP contribution >= 0.6 is 0 Å². The molecule has 0 amide bonds. The van der Waals surface area contributed by atoms with Crippen LogP contribution in [0.4, 0.5) is 0 Å². The van der Waals surface area contributed by atoms with E-state index in [1.165, 1.54) is 128 Å². The predicted octanol–water partition coefficient (Wildman–Crippen LogP) is 10.7. The zero-order valence-electron chi connectivity index (χ0n) is 25.6. The highest BCUT2D eigenvalue weighted by Crippen LogP contribution is 2.16. The second-order valence-electron chi connectivity index (χ2n) is 11.3. The molecule has 0 bridgehead atoms. The summed E-state index contributed by atoms with van der Waals surface area (Å²) < 4.78 is 11.2. The fraction of sp³-hybridized carbons (Fsp3) is 0.771. The molecule has 0 atom stereocenters. The summed E-state index contributed by atoms with van der Waals surface area (Å²) in [5.41, 5.74) is -0.292. The molecule has 4 heteroatoms. The van der Waals surface area contributed by atoms with Gasteiger partial charge in [0.1, 0.15) is 5.75 Å². The van der Waals surface area contributed by atoms with Gasteiger partial charge in [-0.3, -0.25) is 9.59 Å². The van der Waals surface area contributed by atoms with E-state index in [-0.39, 0.29) is 17.1 Å². The van der Waals surface area contributed by atoms with Crippen molar-refractivity contribution >= 4 is 5.97 Å². The van der Waals surface area contributed by atoms with Crippen molar-refractivity contribution < 1.29 is 14.3 Å². The molecule has 0 heterocycles. The van der Waals surface area contributed by atoms with Gasteiger partial charge in [-0.05, 0) is 37.1 Å². The molecule has 0 aromatic heterocycles. The molecule has 224 valence electrons. The van der Waals surface area contributed by atoms with Crippen LogP contribution in [-0.2, 0) is 4.79 Å². The van der Waals surface area contributed by atoms with E-state index < -0.39 is 0 Å². The van der Waals surface area contributed by atoms with E-state index in [1.807, 2.05) is 0 Å². The Labute approximate surface area is 240 Å². The fourth-order valence-corrected chi connectivity index (χ4v) is 4.96. The highest BCUT2D eigenvalue weighted by atomic mass is 16.5. The maximum absolute atomic E-state index is 12.3. The van der Waals surface area contributed by atoms with Gasteiger partial charge in [0.25, 0.3) is 0 Å². The van der Waals surface area contributed by atoms with Crippen molar-refractivity contribution in [1.82, 2.24) is 0 Å². The molecular weight excluding hydrogens is 484 g/mol. The van der Waals surface area contributed by atoms with Crippen molar-refractivity contribution in [3.63, 3.8) is 0 Å². The van der Waals surface area contributed by atoms with Gasteiger partial charge < -0.3 is 9.47 Å². The Morgan fingerprint density at radius 3 is 1.44 bits per heavy atom. The van der Waals surface area contributed by atoms with E-state index >= 15 is 0 Å². The Morgan fingerprint density at radius 2 is 0.949 bits per heavy atom. The molecule has 0 saturated heterocycles. The molecule has 4 nitrogen and oxygen atoms in total. The Bertz CT molecular complexity index is 760. The molecule has 39 heavy (non-hydrogen) atoms. The van der Waals surface area contributed by atoms with Gasteiger partial charge in [-0.25, -0.2) is 0 Å². The minimum Gasteiger partial charge on any atom is -0.494 e. The Hall–Kier alpha value is -1.84. The largest absolute Gasteiger partial charge is 0.494 e. The van der Waals surface area contributed by atoms with Crippen molar-refractivity contribution in [3.05, 3.63) is 34.5 Å². The quantitative estimate of drug-likeness (QED) is 0.0816. The topological polar surface area (TPSA) is 52.6 Å². The summed E-state index contributed by atoms with van der Waals surface area (Å²) in [4.78, 5) is 24.4. The number of unbranched alkanes of at least 4 members (excludes halogenated alkanes) is 21. The molecule has 1 aromatic carbocycles. The van der Waals surface area contributed by atoms with E-state index in [9.17, 15) is 9.59 Å². The van der Waals surface area contributed by atoms with Gasteiger partial charge in [0.15, 0.2) is 5.75 Å². The normalized spacial score (nSPS) is 11.0. The number of rotatable bonds is 27. The molecule has 0 unspecified atom stereocenters. The molecule has 0 radical (unpaired) electrons. The maximum Gasteiger partial charge on any atom is 0.311 e. The lowest BCUT2D eigenvalue weighted by Crippen LogP contribution is -2.12. The number of hydrogen-bond acceptors (Lipinski definition) is 4. The van der Waals surface area contributed by atoms with E-state index in [0.717, 1.165) is 25.7 Å². The standard InChI is InChI=1S/C35H60O4/c1-3-5-7-9-11-12-13-14-15-16-17-18-19-21-23-25-31-38-32-27-29-33(36)34(30-28-32)39-35(37)26-24-22-20-10-8-6-4-2/h27-30H,3-26,31H2,1-2H3. The average Bonchev–Trinajstić information content (AvgIpc) is 3.10. The van der Waals surface area contributed by atoms with E-state index in [1.54, 1.807) is 18.2 Å². The van der Waals surface area contributed by atoms with Gasteiger partial charge in [-0.2, -0.15) is 0 Å². The minimum atomic E-state index is -0.331. The van der Waals surface area contributed by atoms with Crippen LogP contribution in [0.3, 0.4) is 0 Å². The monoisotopic (exact) mass is 544 g/mol. The number of esters is 1. The van der Waals surface area contributed by atoms with Gasteiger partial charge in [0, 0.05) is 6.42 Å². The van der Waals surface area contributed by atoms with Gasteiger partial charge in [0.2, 0.25) is 5.43 Å². The van der Waals surface area contributed by atoms with Gasteiger partial charge in [-0.15, -0.1) is 0 Å². The Kier molecular flexibility index (Phi) is 23.8. The first-order valence-corrected chi connectivity index (χ1v) is 16.6. The highest BCUT2D eigenvalue weighted by Gasteiger charge is 2.07. The lowest BCUT2D eigenvalue weighted by atomic mass is 10.0. The molecule has 1 rings (SSSR count). The third-order valence-corrected chi connectivity index (χ3v) is 7.52. The van der Waals surface area contributed by atoms with Crippen LogP contribution in [0.25, 0.3) is 0 Å². The summed E-state index contributed by atoms with van der Waals surface area (Å²) in [7, 11) is 0. The second kappa shape index (κ2) is 26.4. The first kappa shape index (κ1) is 35.2. The molecule has 0 N–H and O–H groups in total. The summed E-state index contributed by atoms with van der Waals surface area (Å²) >= 11 is 0. The Morgan fingerprint density at radius 1 is 0.538 bits per heavy atom. The Balaban J connectivity index is 2.04. The maximum atomic E-state index is 12.3. The molecule has 0 aliphatic heterocycles. The van der Waals surface area contributed by atoms with E-state index in [4.69, 9.17) is 9.47 Å². The molecule has 1 aromatic rings. The van der Waals surface area contributed by atoms with Gasteiger partial charge in [-0.1, -0.05) is 149 Å². The van der Waals surface area contributed by atoms with Crippen molar-refractivity contribution in [3.8, 4) is 11.5 Å². The third kappa shape index (κ3) is 21.6. The lowest BCUT2D eigenvalue weighted by Gasteiger charge is -2.05. The van der Waals surface area contributed by atoms with Gasteiger partial charge >= 0.3 is 5.97 Å².